The predicted molar refractivity (Wildman–Crippen MR) is 110 cm³/mol. The molecule has 0 radical (unpaired) electrons. The SMILES string of the molecule is Cn1c(SCC(=O)NC[C@H](c2ccccc2)[NH+](C)C)nnc1-c1ccncc1. The number of quaternary nitrogens is 1. The lowest BCUT2D eigenvalue weighted by molar-refractivity contribution is -0.890. The van der Waals surface area contributed by atoms with Gasteiger partial charge in [0.05, 0.1) is 26.4 Å². The zero-order valence-corrected chi connectivity index (χ0v) is 17.1. The number of likely N-dealkylation sites (N-methyl/N-ethyl adjacent to an activating group) is 1. The van der Waals surface area contributed by atoms with Gasteiger partial charge in [-0.3, -0.25) is 9.78 Å². The molecule has 8 heteroatoms. The Bertz CT molecular complexity index is 898. The molecule has 3 rings (SSSR count). The van der Waals surface area contributed by atoms with Crippen LogP contribution in [0.1, 0.15) is 11.6 Å². The quantitative estimate of drug-likeness (QED) is 0.554. The lowest BCUT2D eigenvalue weighted by Crippen LogP contribution is -3.07. The minimum Gasteiger partial charge on any atom is -0.349 e. The van der Waals surface area contributed by atoms with Crippen LogP contribution < -0.4 is 10.2 Å². The number of nitrogens with one attached hydrogen (secondary N) is 2. The Kier molecular flexibility index (Phi) is 6.78. The van der Waals surface area contributed by atoms with Crippen LogP contribution in [-0.2, 0) is 11.8 Å². The van der Waals surface area contributed by atoms with E-state index in [0.29, 0.717) is 17.5 Å². The summed E-state index contributed by atoms with van der Waals surface area (Å²) >= 11 is 1.38. The first kappa shape index (κ1) is 20.0. The van der Waals surface area contributed by atoms with Crippen molar-refractivity contribution in [3.63, 3.8) is 0 Å². The fourth-order valence-electron chi connectivity index (χ4n) is 2.93. The van der Waals surface area contributed by atoms with E-state index in [2.05, 4.69) is 46.7 Å². The molecule has 0 aliphatic heterocycles. The highest BCUT2D eigenvalue weighted by molar-refractivity contribution is 7.99. The Balaban J connectivity index is 1.55. The molecule has 0 bridgehead atoms. The first-order chi connectivity index (χ1) is 13.6. The van der Waals surface area contributed by atoms with E-state index in [4.69, 9.17) is 0 Å². The fourth-order valence-corrected chi connectivity index (χ4v) is 3.67. The molecule has 7 nitrogen and oxygen atoms in total. The molecule has 1 aromatic carbocycles. The van der Waals surface area contributed by atoms with Crippen LogP contribution in [0.4, 0.5) is 0 Å². The molecule has 1 atom stereocenters. The molecule has 0 aliphatic carbocycles. The zero-order valence-electron chi connectivity index (χ0n) is 16.3. The van der Waals surface area contributed by atoms with Crippen molar-refractivity contribution in [1.82, 2.24) is 25.1 Å². The molecule has 0 fully saturated rings. The zero-order chi connectivity index (χ0) is 19.9. The van der Waals surface area contributed by atoms with Crippen molar-refractivity contribution in [2.24, 2.45) is 7.05 Å². The number of hydrogen-bond acceptors (Lipinski definition) is 5. The fraction of sp³-hybridized carbons (Fsp3) is 0.300. The van der Waals surface area contributed by atoms with Crippen molar-refractivity contribution < 1.29 is 9.69 Å². The second-order valence-corrected chi connectivity index (χ2v) is 7.68. The average molecular weight is 398 g/mol. The van der Waals surface area contributed by atoms with Crippen molar-refractivity contribution >= 4 is 17.7 Å². The van der Waals surface area contributed by atoms with Gasteiger partial charge in [0.2, 0.25) is 5.91 Å². The van der Waals surface area contributed by atoms with E-state index in [1.54, 1.807) is 12.4 Å². The van der Waals surface area contributed by atoms with Gasteiger partial charge in [-0.1, -0.05) is 42.1 Å². The first-order valence-electron chi connectivity index (χ1n) is 9.10. The molecule has 28 heavy (non-hydrogen) atoms. The molecule has 3 aromatic rings. The van der Waals surface area contributed by atoms with Crippen LogP contribution in [0.15, 0.2) is 60.0 Å². The van der Waals surface area contributed by atoms with Gasteiger partial charge in [-0.05, 0) is 12.1 Å². The Labute approximate surface area is 169 Å². The summed E-state index contributed by atoms with van der Waals surface area (Å²) in [5, 5.41) is 12.2. The number of carbonyl (C=O) groups is 1. The molecule has 0 saturated heterocycles. The molecule has 0 spiro atoms. The summed E-state index contributed by atoms with van der Waals surface area (Å²) in [7, 11) is 6.09. The predicted octanol–water partition coefficient (Wildman–Crippen LogP) is 0.971. The van der Waals surface area contributed by atoms with Gasteiger partial charge >= 0.3 is 0 Å². The molecule has 2 aromatic heterocycles. The van der Waals surface area contributed by atoms with Gasteiger partial charge in [0.15, 0.2) is 11.0 Å². The smallest absolute Gasteiger partial charge is 0.230 e. The maximum Gasteiger partial charge on any atom is 0.230 e. The van der Waals surface area contributed by atoms with E-state index in [1.165, 1.54) is 22.2 Å². The van der Waals surface area contributed by atoms with E-state index in [1.807, 2.05) is 41.9 Å². The summed E-state index contributed by atoms with van der Waals surface area (Å²) in [6.07, 6.45) is 3.44. The third kappa shape index (κ3) is 4.96. The normalized spacial score (nSPS) is 12.1. The summed E-state index contributed by atoms with van der Waals surface area (Å²) in [6, 6.07) is 14.2. The van der Waals surface area contributed by atoms with Gasteiger partial charge < -0.3 is 14.8 Å². The van der Waals surface area contributed by atoms with Gasteiger partial charge in [0.1, 0.15) is 6.04 Å². The molecular formula is C20H25N6OS+. The van der Waals surface area contributed by atoms with Crippen molar-refractivity contribution in [2.75, 3.05) is 26.4 Å². The highest BCUT2D eigenvalue weighted by atomic mass is 32.2. The van der Waals surface area contributed by atoms with E-state index in [0.717, 1.165) is 11.4 Å². The van der Waals surface area contributed by atoms with Gasteiger partial charge in [0.25, 0.3) is 0 Å². The Morgan fingerprint density at radius 1 is 1.14 bits per heavy atom. The van der Waals surface area contributed by atoms with Crippen LogP contribution in [0.3, 0.4) is 0 Å². The van der Waals surface area contributed by atoms with Crippen molar-refractivity contribution in [3.05, 3.63) is 60.4 Å². The number of carbonyl (C=O) groups excluding carboxylic acids is 1. The van der Waals surface area contributed by atoms with Gasteiger partial charge in [-0.2, -0.15) is 0 Å². The molecule has 146 valence electrons. The number of benzene rings is 1. The Morgan fingerprint density at radius 2 is 1.86 bits per heavy atom. The molecular weight excluding hydrogens is 372 g/mol. The number of rotatable bonds is 8. The lowest BCUT2D eigenvalue weighted by Gasteiger charge is -2.22. The number of aromatic nitrogens is 4. The van der Waals surface area contributed by atoms with E-state index < -0.39 is 0 Å². The summed E-state index contributed by atoms with van der Waals surface area (Å²) in [6.45, 7) is 0.590. The van der Waals surface area contributed by atoms with E-state index >= 15 is 0 Å². The summed E-state index contributed by atoms with van der Waals surface area (Å²) < 4.78 is 1.89. The molecule has 2 heterocycles. The third-order valence-electron chi connectivity index (χ3n) is 4.51. The van der Waals surface area contributed by atoms with Crippen LogP contribution in [0.2, 0.25) is 0 Å². The Hall–Kier alpha value is -2.71. The number of amides is 1. The largest absolute Gasteiger partial charge is 0.349 e. The van der Waals surface area contributed by atoms with Crippen molar-refractivity contribution in [2.45, 2.75) is 11.2 Å². The number of thioether (sulfide) groups is 1. The summed E-state index contributed by atoms with van der Waals surface area (Å²) in [5.74, 6) is 1.04. The Morgan fingerprint density at radius 3 is 2.54 bits per heavy atom. The topological polar surface area (TPSA) is 77.1 Å². The minimum atomic E-state index is -0.0133. The third-order valence-corrected chi connectivity index (χ3v) is 5.53. The van der Waals surface area contributed by atoms with Crippen LogP contribution in [0.5, 0.6) is 0 Å². The summed E-state index contributed by atoms with van der Waals surface area (Å²) in [5.41, 5.74) is 2.16. The lowest BCUT2D eigenvalue weighted by atomic mass is 10.1. The van der Waals surface area contributed by atoms with Crippen LogP contribution in [0.25, 0.3) is 11.4 Å². The van der Waals surface area contributed by atoms with E-state index in [9.17, 15) is 4.79 Å². The van der Waals surface area contributed by atoms with Crippen LogP contribution in [0, 0.1) is 0 Å². The average Bonchev–Trinajstić information content (AvgIpc) is 3.08. The maximum absolute atomic E-state index is 12.4. The van der Waals surface area contributed by atoms with E-state index in [-0.39, 0.29) is 11.9 Å². The van der Waals surface area contributed by atoms with Crippen LogP contribution in [-0.4, -0.2) is 52.0 Å². The van der Waals surface area contributed by atoms with Gasteiger partial charge in [-0.15, -0.1) is 10.2 Å². The van der Waals surface area contributed by atoms with Crippen LogP contribution >= 0.6 is 11.8 Å². The molecule has 0 aliphatic rings. The van der Waals surface area contributed by atoms with Crippen molar-refractivity contribution in [3.8, 4) is 11.4 Å². The summed E-state index contributed by atoms with van der Waals surface area (Å²) in [4.78, 5) is 17.6. The first-order valence-corrected chi connectivity index (χ1v) is 10.1. The molecule has 0 saturated carbocycles. The second-order valence-electron chi connectivity index (χ2n) is 6.73. The number of nitrogens with zero attached hydrogens (tertiary/aromatic N) is 4. The monoisotopic (exact) mass is 397 g/mol. The molecule has 0 unspecified atom stereocenters. The second kappa shape index (κ2) is 9.48. The standard InChI is InChI=1S/C20H24N6OS/c1-25(2)17(15-7-5-4-6-8-15)13-22-18(27)14-28-20-24-23-19(26(20)3)16-9-11-21-12-10-16/h4-12,17H,13-14H2,1-3H3,(H,22,27)/p+1/t17-/m1/s1. The number of pyridine rings is 1. The maximum atomic E-state index is 12.4. The highest BCUT2D eigenvalue weighted by Crippen LogP contribution is 2.21. The molecule has 1 amide bonds. The molecule has 2 N–H and O–H groups in total. The van der Waals surface area contributed by atoms with Gasteiger partial charge in [-0.25, -0.2) is 0 Å². The van der Waals surface area contributed by atoms with Gasteiger partial charge in [0, 0.05) is 30.6 Å². The highest BCUT2D eigenvalue weighted by Gasteiger charge is 2.19. The minimum absolute atomic E-state index is 0.0133. The van der Waals surface area contributed by atoms with Crippen molar-refractivity contribution in [1.29, 1.82) is 0 Å². The number of hydrogen-bond donors (Lipinski definition) is 2.